The van der Waals surface area contributed by atoms with Crippen LogP contribution in [-0.2, 0) is 65.4 Å². The highest BCUT2D eigenvalue weighted by molar-refractivity contribution is 7.47. The maximum absolute atomic E-state index is 13.0. The van der Waals surface area contributed by atoms with Gasteiger partial charge in [-0.25, -0.2) is 9.13 Å². The molecule has 5 atom stereocenters. The summed E-state index contributed by atoms with van der Waals surface area (Å²) in [7, 11) is -9.90. The van der Waals surface area contributed by atoms with Crippen LogP contribution < -0.4 is 0 Å². The number of carbonyl (C=O) groups excluding carboxylic acids is 4. The first-order chi connectivity index (χ1) is 42.2. The molecule has 0 aliphatic rings. The minimum Gasteiger partial charge on any atom is -0.462 e. The molecular weight excluding hydrogens is 1160 g/mol. The number of aliphatic hydroxyl groups excluding tert-OH is 1. The average molecular weight is 1300 g/mol. The van der Waals surface area contributed by atoms with E-state index in [2.05, 4.69) is 48.5 Å². The third-order valence-electron chi connectivity index (χ3n) is 15.9. The van der Waals surface area contributed by atoms with Gasteiger partial charge in [0.2, 0.25) is 0 Å². The van der Waals surface area contributed by atoms with Gasteiger partial charge in [-0.05, 0) is 43.4 Å². The lowest BCUT2D eigenvalue weighted by atomic mass is 10.0. The van der Waals surface area contributed by atoms with Crippen molar-refractivity contribution < 1.29 is 80.2 Å². The second kappa shape index (κ2) is 60.0. The monoisotopic (exact) mass is 1300 g/mol. The summed E-state index contributed by atoms with van der Waals surface area (Å²) in [6.07, 6.45) is 43.1. The zero-order valence-corrected chi connectivity index (χ0v) is 59.0. The number of hydrogen-bond acceptors (Lipinski definition) is 15. The Morgan fingerprint density at radius 1 is 0.307 bits per heavy atom. The van der Waals surface area contributed by atoms with Gasteiger partial charge in [0.1, 0.15) is 19.3 Å². The quantitative estimate of drug-likeness (QED) is 0.0222. The van der Waals surface area contributed by atoms with Crippen LogP contribution in [0.15, 0.2) is 0 Å². The fraction of sp³-hybridized carbons (Fsp3) is 0.942. The van der Waals surface area contributed by atoms with E-state index in [-0.39, 0.29) is 25.7 Å². The zero-order valence-electron chi connectivity index (χ0n) is 57.2. The van der Waals surface area contributed by atoms with Gasteiger partial charge < -0.3 is 33.8 Å². The molecule has 0 saturated heterocycles. The maximum Gasteiger partial charge on any atom is 0.472 e. The topological polar surface area (TPSA) is 237 Å². The fourth-order valence-electron chi connectivity index (χ4n) is 10.4. The summed E-state index contributed by atoms with van der Waals surface area (Å²) in [6, 6.07) is 0. The number of unbranched alkanes of at least 4 members (excludes halogenated alkanes) is 35. The third-order valence-corrected chi connectivity index (χ3v) is 17.8. The Kier molecular flexibility index (Phi) is 58.7. The number of phosphoric acid groups is 2. The molecule has 0 bridgehead atoms. The lowest BCUT2D eigenvalue weighted by molar-refractivity contribution is -0.161. The first-order valence-electron chi connectivity index (χ1n) is 35.8. The predicted octanol–water partition coefficient (Wildman–Crippen LogP) is 19.5. The molecule has 0 saturated carbocycles. The van der Waals surface area contributed by atoms with Crippen molar-refractivity contribution in [2.45, 2.75) is 362 Å². The number of aliphatic hydroxyl groups is 1. The lowest BCUT2D eigenvalue weighted by Gasteiger charge is -2.21. The SMILES string of the molecule is CCCCCCCCCCCCCC(=O)O[C@H](COC(=O)CCCCCCCCCC(C)C)COP(=O)(O)OC[C@H](O)COP(=O)(O)OC[C@@H](COC(=O)CCCCCCCCCCCC(C)C)OC(=O)CCCCCCCCCCCCCCC(C)C. The van der Waals surface area contributed by atoms with Crippen LogP contribution in [0.3, 0.4) is 0 Å². The molecule has 19 heteroatoms. The highest BCUT2D eigenvalue weighted by Crippen LogP contribution is 2.45. The van der Waals surface area contributed by atoms with E-state index in [1.54, 1.807) is 0 Å². The molecule has 0 rings (SSSR count). The first kappa shape index (κ1) is 86.1. The van der Waals surface area contributed by atoms with Gasteiger partial charge in [-0.1, -0.05) is 292 Å². The summed E-state index contributed by atoms with van der Waals surface area (Å²) in [5.74, 6) is 0.0980. The molecule has 0 aliphatic heterocycles. The Balaban J connectivity index is 5.25. The van der Waals surface area contributed by atoms with Crippen LogP contribution >= 0.6 is 15.6 Å². The van der Waals surface area contributed by atoms with E-state index < -0.39 is 97.5 Å². The largest absolute Gasteiger partial charge is 0.472 e. The summed E-state index contributed by atoms with van der Waals surface area (Å²) in [5.41, 5.74) is 0. The molecule has 522 valence electrons. The van der Waals surface area contributed by atoms with E-state index in [4.69, 9.17) is 37.0 Å². The predicted molar refractivity (Wildman–Crippen MR) is 354 cm³/mol. The van der Waals surface area contributed by atoms with Crippen molar-refractivity contribution in [3.05, 3.63) is 0 Å². The van der Waals surface area contributed by atoms with E-state index in [0.717, 1.165) is 108 Å². The van der Waals surface area contributed by atoms with Gasteiger partial charge in [0.15, 0.2) is 12.2 Å². The average Bonchev–Trinajstić information content (AvgIpc) is 3.56. The second-order valence-corrected chi connectivity index (χ2v) is 29.3. The van der Waals surface area contributed by atoms with Crippen LogP contribution in [0, 0.1) is 17.8 Å². The molecular formula is C69H134O17P2. The summed E-state index contributed by atoms with van der Waals surface area (Å²) in [4.78, 5) is 72.5. The van der Waals surface area contributed by atoms with Gasteiger partial charge in [-0.15, -0.1) is 0 Å². The summed E-state index contributed by atoms with van der Waals surface area (Å²) < 4.78 is 68.2. The van der Waals surface area contributed by atoms with E-state index in [0.29, 0.717) is 31.6 Å². The molecule has 0 fully saturated rings. The maximum atomic E-state index is 13.0. The van der Waals surface area contributed by atoms with Crippen molar-refractivity contribution in [3.8, 4) is 0 Å². The number of hydrogen-bond donors (Lipinski definition) is 3. The number of esters is 4. The number of ether oxygens (including phenoxy) is 4. The molecule has 0 spiro atoms. The lowest BCUT2D eigenvalue weighted by Crippen LogP contribution is -2.30. The Morgan fingerprint density at radius 3 is 0.773 bits per heavy atom. The van der Waals surface area contributed by atoms with Gasteiger partial charge in [-0.2, -0.15) is 0 Å². The van der Waals surface area contributed by atoms with Crippen molar-refractivity contribution in [1.82, 2.24) is 0 Å². The normalized spacial score (nSPS) is 14.2. The minimum atomic E-state index is -4.95. The molecule has 0 aromatic carbocycles. The van der Waals surface area contributed by atoms with Crippen molar-refractivity contribution in [1.29, 1.82) is 0 Å². The smallest absolute Gasteiger partial charge is 0.462 e. The van der Waals surface area contributed by atoms with Gasteiger partial charge in [0, 0.05) is 25.7 Å². The van der Waals surface area contributed by atoms with Crippen LogP contribution in [0.25, 0.3) is 0 Å². The Labute approximate surface area is 537 Å². The molecule has 3 N–H and O–H groups in total. The first-order valence-corrected chi connectivity index (χ1v) is 38.8. The molecule has 0 aromatic heterocycles. The molecule has 0 aromatic rings. The van der Waals surface area contributed by atoms with Gasteiger partial charge in [0.05, 0.1) is 26.4 Å². The highest BCUT2D eigenvalue weighted by atomic mass is 31.2. The minimum absolute atomic E-state index is 0.106. The fourth-order valence-corrected chi connectivity index (χ4v) is 11.9. The molecule has 17 nitrogen and oxygen atoms in total. The van der Waals surface area contributed by atoms with Crippen molar-refractivity contribution >= 4 is 39.5 Å². The van der Waals surface area contributed by atoms with Crippen molar-refractivity contribution in [3.63, 3.8) is 0 Å². The molecule has 0 amide bonds. The third kappa shape index (κ3) is 62.8. The van der Waals surface area contributed by atoms with Crippen LogP contribution in [-0.4, -0.2) is 96.7 Å². The summed E-state index contributed by atoms with van der Waals surface area (Å²) in [6.45, 7) is 11.8. The van der Waals surface area contributed by atoms with Crippen LogP contribution in [0.4, 0.5) is 0 Å². The van der Waals surface area contributed by atoms with E-state index in [1.807, 2.05) is 0 Å². The number of phosphoric ester groups is 2. The van der Waals surface area contributed by atoms with Crippen LogP contribution in [0.5, 0.6) is 0 Å². The number of carbonyl (C=O) groups is 4. The van der Waals surface area contributed by atoms with E-state index in [1.165, 1.54) is 148 Å². The standard InChI is InChI=1S/C69H134O17P2/c1-8-9-10-11-12-13-16-22-30-38-45-52-68(73)86-65(57-80-67(72)51-44-37-32-25-28-35-42-49-62(6)7)59-84-88(77,78)82-55-63(70)54-81-87(75,76)83-58-64(56-79-66(71)50-43-36-29-24-19-21-27-34-41-48-61(4)5)85-69(74)53-46-39-31-23-18-15-14-17-20-26-33-40-47-60(2)3/h60-65,70H,8-59H2,1-7H3,(H,75,76)(H,77,78)/t63-,64-,65-/m1/s1. The summed E-state index contributed by atoms with van der Waals surface area (Å²) >= 11 is 0. The molecule has 0 aliphatic carbocycles. The van der Waals surface area contributed by atoms with Crippen LogP contribution in [0.1, 0.15) is 344 Å². The molecule has 2 unspecified atom stereocenters. The summed E-state index contributed by atoms with van der Waals surface area (Å²) in [5, 5.41) is 10.6. The van der Waals surface area contributed by atoms with Gasteiger partial charge >= 0.3 is 39.5 Å². The molecule has 0 radical (unpaired) electrons. The van der Waals surface area contributed by atoms with E-state index >= 15 is 0 Å². The molecule has 0 heterocycles. The number of rotatable bonds is 67. The van der Waals surface area contributed by atoms with Crippen LogP contribution in [0.2, 0.25) is 0 Å². The Bertz CT molecular complexity index is 1730. The zero-order chi connectivity index (χ0) is 65.2. The second-order valence-electron chi connectivity index (χ2n) is 26.3. The van der Waals surface area contributed by atoms with Gasteiger partial charge in [-0.3, -0.25) is 37.3 Å². The van der Waals surface area contributed by atoms with Gasteiger partial charge in [0.25, 0.3) is 0 Å². The Hall–Kier alpha value is -1.94. The van der Waals surface area contributed by atoms with Crippen molar-refractivity contribution in [2.24, 2.45) is 17.8 Å². The highest BCUT2D eigenvalue weighted by Gasteiger charge is 2.30. The molecule has 88 heavy (non-hydrogen) atoms. The van der Waals surface area contributed by atoms with E-state index in [9.17, 15) is 43.2 Å². The Morgan fingerprint density at radius 2 is 0.523 bits per heavy atom. The van der Waals surface area contributed by atoms with Crippen molar-refractivity contribution in [2.75, 3.05) is 39.6 Å².